The molecule has 2 aliphatic carbocycles. The number of benzene rings is 1. The van der Waals surface area contributed by atoms with E-state index in [9.17, 15) is 9.18 Å². The van der Waals surface area contributed by atoms with Gasteiger partial charge in [-0.15, -0.1) is 0 Å². The van der Waals surface area contributed by atoms with Gasteiger partial charge in [0.05, 0.1) is 0 Å². The van der Waals surface area contributed by atoms with Gasteiger partial charge in [0.25, 0.3) is 0 Å². The Bertz CT molecular complexity index is 703. The minimum Gasteiger partial charge on any atom is -0.336 e. The Hall–Kier alpha value is -1.20. The highest BCUT2D eigenvalue weighted by atomic mass is 79.9. The molecule has 0 saturated heterocycles. The Morgan fingerprint density at radius 1 is 1.35 bits per heavy atom. The number of amides is 1. The van der Waals surface area contributed by atoms with Crippen molar-refractivity contribution < 1.29 is 9.18 Å². The number of rotatable bonds is 2. The van der Waals surface area contributed by atoms with Gasteiger partial charge in [0.2, 0.25) is 5.91 Å². The summed E-state index contributed by atoms with van der Waals surface area (Å²) in [5.41, 5.74) is 8.90. The molecule has 23 heavy (non-hydrogen) atoms. The minimum absolute atomic E-state index is 0.0691. The lowest BCUT2D eigenvalue weighted by Crippen LogP contribution is -2.47. The molecule has 1 amide bonds. The Balaban J connectivity index is 1.51. The number of hydrogen-bond acceptors (Lipinski definition) is 2. The molecule has 2 unspecified atom stereocenters. The van der Waals surface area contributed by atoms with Crippen LogP contribution in [-0.4, -0.2) is 23.4 Å². The van der Waals surface area contributed by atoms with Crippen LogP contribution in [0.5, 0.6) is 0 Å². The summed E-state index contributed by atoms with van der Waals surface area (Å²) in [5.74, 6) is 1.26. The van der Waals surface area contributed by atoms with Gasteiger partial charge in [-0.3, -0.25) is 4.79 Å². The third-order valence-electron chi connectivity index (χ3n) is 5.52. The molecule has 1 aromatic rings. The second kappa shape index (κ2) is 5.71. The Kier molecular flexibility index (Phi) is 3.81. The molecule has 122 valence electrons. The van der Waals surface area contributed by atoms with Crippen molar-refractivity contribution in [1.82, 2.24) is 4.90 Å². The summed E-state index contributed by atoms with van der Waals surface area (Å²) in [7, 11) is 0. The summed E-state index contributed by atoms with van der Waals surface area (Å²) in [6.45, 7) is 0.910. The maximum Gasteiger partial charge on any atom is 0.244 e. The van der Waals surface area contributed by atoms with Crippen LogP contribution < -0.4 is 5.73 Å². The molecule has 0 spiro atoms. The molecule has 4 rings (SSSR count). The number of halogens is 2. The van der Waals surface area contributed by atoms with Gasteiger partial charge in [0.1, 0.15) is 11.9 Å². The third-order valence-corrected chi connectivity index (χ3v) is 6.27. The van der Waals surface area contributed by atoms with E-state index < -0.39 is 6.04 Å². The third kappa shape index (κ3) is 2.74. The number of allylic oxidation sites excluding steroid dienone is 1. The van der Waals surface area contributed by atoms with E-state index in [-0.39, 0.29) is 11.7 Å². The van der Waals surface area contributed by atoms with E-state index in [0.29, 0.717) is 25.1 Å². The van der Waals surface area contributed by atoms with Crippen molar-refractivity contribution >= 4 is 21.8 Å². The maximum absolute atomic E-state index is 14.1. The first-order valence-electron chi connectivity index (χ1n) is 8.23. The average molecular weight is 379 g/mol. The van der Waals surface area contributed by atoms with Gasteiger partial charge in [0.15, 0.2) is 0 Å². The van der Waals surface area contributed by atoms with Crippen molar-refractivity contribution in [3.05, 3.63) is 45.2 Å². The van der Waals surface area contributed by atoms with Crippen molar-refractivity contribution in [3.63, 3.8) is 0 Å². The zero-order valence-corrected chi connectivity index (χ0v) is 14.5. The van der Waals surface area contributed by atoms with Crippen molar-refractivity contribution in [2.75, 3.05) is 6.54 Å². The van der Waals surface area contributed by atoms with Crippen LogP contribution in [0.4, 0.5) is 4.39 Å². The SMILES string of the molecule is N[C@@H](C(=O)N1CCc2c(Br)ccc(F)c2C1)C1=CCC2CC2C1. The van der Waals surface area contributed by atoms with Crippen LogP contribution in [0.25, 0.3) is 0 Å². The predicted octanol–water partition coefficient (Wildman–Crippen LogP) is 3.16. The van der Waals surface area contributed by atoms with Gasteiger partial charge >= 0.3 is 0 Å². The van der Waals surface area contributed by atoms with Crippen LogP contribution in [0.1, 0.15) is 30.4 Å². The van der Waals surface area contributed by atoms with E-state index >= 15 is 0 Å². The van der Waals surface area contributed by atoms with Gasteiger partial charge in [-0.25, -0.2) is 4.39 Å². The molecule has 0 aromatic heterocycles. The molecule has 1 fully saturated rings. The fourth-order valence-corrected chi connectivity index (χ4v) is 4.50. The molecule has 0 bridgehead atoms. The fourth-order valence-electron chi connectivity index (χ4n) is 3.93. The summed E-state index contributed by atoms with van der Waals surface area (Å²) in [4.78, 5) is 14.5. The molecule has 2 N–H and O–H groups in total. The zero-order chi connectivity index (χ0) is 16.1. The predicted molar refractivity (Wildman–Crippen MR) is 90.1 cm³/mol. The largest absolute Gasteiger partial charge is 0.336 e. The van der Waals surface area contributed by atoms with E-state index in [1.807, 2.05) is 0 Å². The van der Waals surface area contributed by atoms with Crippen LogP contribution in [0.3, 0.4) is 0 Å². The molecule has 3 nitrogen and oxygen atoms in total. The molecular weight excluding hydrogens is 359 g/mol. The minimum atomic E-state index is -0.562. The first-order chi connectivity index (χ1) is 11.0. The summed E-state index contributed by atoms with van der Waals surface area (Å²) in [6, 6.07) is 2.62. The van der Waals surface area contributed by atoms with E-state index in [1.165, 1.54) is 12.5 Å². The van der Waals surface area contributed by atoms with Crippen LogP contribution >= 0.6 is 15.9 Å². The quantitative estimate of drug-likeness (QED) is 0.803. The fraction of sp³-hybridized carbons (Fsp3) is 0.500. The van der Waals surface area contributed by atoms with Crippen LogP contribution in [0, 0.1) is 17.7 Å². The van der Waals surface area contributed by atoms with Crippen LogP contribution in [0.2, 0.25) is 0 Å². The van der Waals surface area contributed by atoms with Crippen molar-refractivity contribution in [3.8, 4) is 0 Å². The second-order valence-corrected chi connectivity index (χ2v) is 7.80. The number of nitrogens with two attached hydrogens (primary N) is 1. The molecule has 3 atom stereocenters. The molecule has 1 saturated carbocycles. The molecule has 5 heteroatoms. The smallest absolute Gasteiger partial charge is 0.244 e. The molecule has 1 aliphatic heterocycles. The average Bonchev–Trinajstić information content (AvgIpc) is 3.35. The van der Waals surface area contributed by atoms with Crippen LogP contribution in [-0.2, 0) is 17.8 Å². The van der Waals surface area contributed by atoms with Crippen LogP contribution in [0.15, 0.2) is 28.3 Å². The summed E-state index contributed by atoms with van der Waals surface area (Å²) in [6.07, 6.45) is 6.12. The summed E-state index contributed by atoms with van der Waals surface area (Å²) < 4.78 is 15.0. The highest BCUT2D eigenvalue weighted by Gasteiger charge is 2.41. The highest BCUT2D eigenvalue weighted by molar-refractivity contribution is 9.10. The molecule has 1 heterocycles. The van der Waals surface area contributed by atoms with Crippen molar-refractivity contribution in [2.45, 2.75) is 38.3 Å². The summed E-state index contributed by atoms with van der Waals surface area (Å²) in [5, 5.41) is 0. The first-order valence-corrected chi connectivity index (χ1v) is 9.03. The lowest BCUT2D eigenvalue weighted by atomic mass is 9.92. The standard InChI is InChI=1S/C18H20BrFN2O/c19-15-3-4-16(20)14-9-22(6-5-13(14)15)18(23)17(21)11-2-1-10-7-12(10)8-11/h2-4,10,12,17H,1,5-9,21H2/t10?,12?,17-/m1/s1. The highest BCUT2D eigenvalue weighted by Crippen LogP contribution is 2.49. The van der Waals surface area contributed by atoms with E-state index in [0.717, 1.165) is 40.3 Å². The normalized spacial score (nSPS) is 26.9. The zero-order valence-electron chi connectivity index (χ0n) is 12.9. The van der Waals surface area contributed by atoms with Gasteiger partial charge < -0.3 is 10.6 Å². The number of fused-ring (bicyclic) bond motifs is 2. The summed E-state index contributed by atoms with van der Waals surface area (Å²) >= 11 is 3.47. The van der Waals surface area contributed by atoms with Gasteiger partial charge in [-0.1, -0.05) is 22.0 Å². The lowest BCUT2D eigenvalue weighted by molar-refractivity contribution is -0.132. The number of hydrogen-bond donors (Lipinski definition) is 1. The number of nitrogens with zero attached hydrogens (tertiary/aromatic N) is 1. The number of carbonyl (C=O) groups excluding carboxylic acids is 1. The number of carbonyl (C=O) groups is 1. The van der Waals surface area contributed by atoms with E-state index in [2.05, 4.69) is 22.0 Å². The topological polar surface area (TPSA) is 46.3 Å². The van der Waals surface area contributed by atoms with Crippen molar-refractivity contribution in [1.29, 1.82) is 0 Å². The monoisotopic (exact) mass is 378 g/mol. The Labute approximate surface area is 143 Å². The Morgan fingerprint density at radius 3 is 2.96 bits per heavy atom. The molecule has 3 aliphatic rings. The van der Waals surface area contributed by atoms with E-state index in [1.54, 1.807) is 11.0 Å². The Morgan fingerprint density at radius 2 is 2.17 bits per heavy atom. The lowest BCUT2D eigenvalue weighted by Gasteiger charge is -2.32. The molecular formula is C18H20BrFN2O. The maximum atomic E-state index is 14.1. The van der Waals surface area contributed by atoms with E-state index in [4.69, 9.17) is 5.73 Å². The molecule has 1 aromatic carbocycles. The van der Waals surface area contributed by atoms with Gasteiger partial charge in [0, 0.05) is 23.1 Å². The van der Waals surface area contributed by atoms with Gasteiger partial charge in [-0.2, -0.15) is 0 Å². The first kappa shape index (κ1) is 15.3. The van der Waals surface area contributed by atoms with Gasteiger partial charge in [-0.05, 0) is 60.8 Å². The molecule has 0 radical (unpaired) electrons. The second-order valence-electron chi connectivity index (χ2n) is 6.95. The van der Waals surface area contributed by atoms with Crippen molar-refractivity contribution in [2.24, 2.45) is 17.6 Å².